The van der Waals surface area contributed by atoms with Gasteiger partial charge in [-0.2, -0.15) is 0 Å². The van der Waals surface area contributed by atoms with Gasteiger partial charge < -0.3 is 9.88 Å². The van der Waals surface area contributed by atoms with Crippen LogP contribution in [0.3, 0.4) is 0 Å². The first-order valence-electron chi connectivity index (χ1n) is 5.57. The first-order chi connectivity index (χ1) is 7.81. The molecule has 0 saturated carbocycles. The molecule has 86 valence electrons. The molecule has 2 aromatic heterocycles. The van der Waals surface area contributed by atoms with Crippen LogP contribution in [0.15, 0.2) is 30.0 Å². The number of rotatable bonds is 5. The summed E-state index contributed by atoms with van der Waals surface area (Å²) < 4.78 is 2.28. The highest BCUT2D eigenvalue weighted by molar-refractivity contribution is 7.09. The number of hydrogen-bond acceptors (Lipinski definition) is 3. The zero-order valence-electron chi connectivity index (χ0n) is 9.68. The minimum absolute atomic E-state index is 0.396. The molecule has 2 heterocycles. The van der Waals surface area contributed by atoms with Gasteiger partial charge in [0.15, 0.2) is 0 Å². The zero-order chi connectivity index (χ0) is 11.4. The Morgan fingerprint density at radius 3 is 3.12 bits per heavy atom. The van der Waals surface area contributed by atoms with E-state index in [-0.39, 0.29) is 0 Å². The molecule has 2 rings (SSSR count). The second kappa shape index (κ2) is 5.27. The molecule has 4 heteroatoms. The summed E-state index contributed by atoms with van der Waals surface area (Å²) in [5, 5.41) is 3.43. The summed E-state index contributed by atoms with van der Waals surface area (Å²) in [5.41, 5.74) is 3.21. The van der Waals surface area contributed by atoms with Gasteiger partial charge in [0.2, 0.25) is 0 Å². The van der Waals surface area contributed by atoms with Crippen LogP contribution in [0.2, 0.25) is 0 Å². The molecule has 0 aliphatic heterocycles. The SMILES string of the molecule is CCNC(C)c1cccn1Cc1cncs1. The molecule has 0 aliphatic carbocycles. The molecular weight excluding hydrogens is 218 g/mol. The van der Waals surface area contributed by atoms with Gasteiger partial charge in [-0.3, -0.25) is 4.98 Å². The molecule has 0 aliphatic rings. The maximum Gasteiger partial charge on any atom is 0.0794 e. The largest absolute Gasteiger partial charge is 0.345 e. The molecule has 0 fully saturated rings. The number of thiazole rings is 1. The topological polar surface area (TPSA) is 29.9 Å². The van der Waals surface area contributed by atoms with E-state index < -0.39 is 0 Å². The highest BCUT2D eigenvalue weighted by atomic mass is 32.1. The van der Waals surface area contributed by atoms with E-state index in [1.165, 1.54) is 10.6 Å². The molecule has 1 N–H and O–H groups in total. The third kappa shape index (κ3) is 2.51. The molecule has 1 unspecified atom stereocenters. The summed E-state index contributed by atoms with van der Waals surface area (Å²) in [7, 11) is 0. The van der Waals surface area contributed by atoms with Gasteiger partial charge in [0.1, 0.15) is 0 Å². The van der Waals surface area contributed by atoms with E-state index in [4.69, 9.17) is 0 Å². The van der Waals surface area contributed by atoms with E-state index in [0.717, 1.165) is 13.1 Å². The number of nitrogens with one attached hydrogen (secondary N) is 1. The third-order valence-corrected chi connectivity index (χ3v) is 3.39. The Kier molecular flexibility index (Phi) is 3.74. The van der Waals surface area contributed by atoms with E-state index >= 15 is 0 Å². The van der Waals surface area contributed by atoms with Crippen LogP contribution in [-0.4, -0.2) is 16.1 Å². The van der Waals surface area contributed by atoms with Gasteiger partial charge in [-0.15, -0.1) is 11.3 Å². The lowest BCUT2D eigenvalue weighted by Crippen LogP contribution is -2.20. The molecule has 0 saturated heterocycles. The maximum absolute atomic E-state index is 4.10. The maximum atomic E-state index is 4.10. The highest BCUT2D eigenvalue weighted by Crippen LogP contribution is 2.16. The molecular formula is C12H17N3S. The summed E-state index contributed by atoms with van der Waals surface area (Å²) in [5.74, 6) is 0. The molecule has 2 aromatic rings. The van der Waals surface area contributed by atoms with E-state index in [1.54, 1.807) is 11.3 Å². The highest BCUT2D eigenvalue weighted by Gasteiger charge is 2.09. The number of hydrogen-bond donors (Lipinski definition) is 1. The van der Waals surface area contributed by atoms with E-state index in [9.17, 15) is 0 Å². The van der Waals surface area contributed by atoms with Gasteiger partial charge in [0.25, 0.3) is 0 Å². The van der Waals surface area contributed by atoms with Crippen LogP contribution in [0.1, 0.15) is 30.5 Å². The van der Waals surface area contributed by atoms with Crippen molar-refractivity contribution >= 4 is 11.3 Å². The van der Waals surface area contributed by atoms with Crippen molar-refractivity contribution in [2.75, 3.05) is 6.54 Å². The molecule has 0 aromatic carbocycles. The molecule has 1 atom stereocenters. The fraction of sp³-hybridized carbons (Fsp3) is 0.417. The lowest BCUT2D eigenvalue weighted by molar-refractivity contribution is 0.554. The summed E-state index contributed by atoms with van der Waals surface area (Å²) in [6.07, 6.45) is 4.06. The lowest BCUT2D eigenvalue weighted by atomic mass is 10.2. The minimum Gasteiger partial charge on any atom is -0.345 e. The fourth-order valence-electron chi connectivity index (χ4n) is 1.86. The van der Waals surface area contributed by atoms with Crippen LogP contribution in [0, 0.1) is 0 Å². The quantitative estimate of drug-likeness (QED) is 0.863. The van der Waals surface area contributed by atoms with Crippen molar-refractivity contribution in [2.45, 2.75) is 26.4 Å². The second-order valence-corrected chi connectivity index (χ2v) is 4.78. The second-order valence-electron chi connectivity index (χ2n) is 3.81. The van der Waals surface area contributed by atoms with Crippen molar-refractivity contribution in [2.24, 2.45) is 0 Å². The summed E-state index contributed by atoms with van der Waals surface area (Å²) in [6, 6.07) is 4.67. The Hall–Kier alpha value is -1.13. The van der Waals surface area contributed by atoms with Crippen molar-refractivity contribution in [1.82, 2.24) is 14.9 Å². The number of aromatic nitrogens is 2. The lowest BCUT2D eigenvalue weighted by Gasteiger charge is -2.15. The standard InChI is InChI=1S/C12H17N3S/c1-3-14-10(2)12-5-4-6-15(12)8-11-7-13-9-16-11/h4-7,9-10,14H,3,8H2,1-2H3. The van der Waals surface area contributed by atoms with Crippen LogP contribution >= 0.6 is 11.3 Å². The molecule has 0 spiro atoms. The van der Waals surface area contributed by atoms with Crippen molar-refractivity contribution < 1.29 is 0 Å². The van der Waals surface area contributed by atoms with E-state index in [2.05, 4.69) is 47.0 Å². The van der Waals surface area contributed by atoms with Gasteiger partial charge >= 0.3 is 0 Å². The van der Waals surface area contributed by atoms with Crippen LogP contribution in [0.4, 0.5) is 0 Å². The monoisotopic (exact) mass is 235 g/mol. The zero-order valence-corrected chi connectivity index (χ0v) is 10.5. The average Bonchev–Trinajstić information content (AvgIpc) is 2.90. The molecule has 0 bridgehead atoms. The van der Waals surface area contributed by atoms with Crippen molar-refractivity contribution in [3.63, 3.8) is 0 Å². The Morgan fingerprint density at radius 1 is 1.56 bits per heavy atom. The van der Waals surface area contributed by atoms with Crippen LogP contribution in [-0.2, 0) is 6.54 Å². The Bertz CT molecular complexity index is 419. The summed E-state index contributed by atoms with van der Waals surface area (Å²) in [6.45, 7) is 6.24. The molecule has 3 nitrogen and oxygen atoms in total. The van der Waals surface area contributed by atoms with Gasteiger partial charge in [-0.1, -0.05) is 6.92 Å². The smallest absolute Gasteiger partial charge is 0.0794 e. The first kappa shape index (κ1) is 11.4. The molecule has 16 heavy (non-hydrogen) atoms. The van der Waals surface area contributed by atoms with E-state index in [0.29, 0.717) is 6.04 Å². The van der Waals surface area contributed by atoms with Gasteiger partial charge in [0, 0.05) is 29.0 Å². The van der Waals surface area contributed by atoms with Crippen molar-refractivity contribution in [3.05, 3.63) is 40.6 Å². The predicted molar refractivity (Wildman–Crippen MR) is 67.7 cm³/mol. The van der Waals surface area contributed by atoms with Crippen molar-refractivity contribution in [1.29, 1.82) is 0 Å². The minimum atomic E-state index is 0.396. The van der Waals surface area contributed by atoms with Crippen LogP contribution in [0.25, 0.3) is 0 Å². The first-order valence-corrected chi connectivity index (χ1v) is 6.45. The van der Waals surface area contributed by atoms with Crippen LogP contribution < -0.4 is 5.32 Å². The van der Waals surface area contributed by atoms with Gasteiger partial charge in [-0.05, 0) is 25.6 Å². The van der Waals surface area contributed by atoms with Crippen LogP contribution in [0.5, 0.6) is 0 Å². The van der Waals surface area contributed by atoms with Crippen molar-refractivity contribution in [3.8, 4) is 0 Å². The summed E-state index contributed by atoms with van der Waals surface area (Å²) in [4.78, 5) is 5.40. The predicted octanol–water partition coefficient (Wildman–Crippen LogP) is 2.66. The van der Waals surface area contributed by atoms with E-state index in [1.807, 2.05) is 11.7 Å². The van der Waals surface area contributed by atoms with Gasteiger partial charge in [-0.25, -0.2) is 0 Å². The fourth-order valence-corrected chi connectivity index (χ4v) is 2.46. The average molecular weight is 235 g/mol. The third-order valence-electron chi connectivity index (χ3n) is 2.63. The Labute approximate surface area is 100 Å². The number of nitrogens with zero attached hydrogens (tertiary/aromatic N) is 2. The molecule has 0 radical (unpaired) electrons. The molecule has 0 amide bonds. The Morgan fingerprint density at radius 2 is 2.44 bits per heavy atom. The summed E-state index contributed by atoms with van der Waals surface area (Å²) >= 11 is 1.70. The van der Waals surface area contributed by atoms with Gasteiger partial charge in [0.05, 0.1) is 12.1 Å². The normalized spacial score (nSPS) is 12.9. The Balaban J connectivity index is 2.13.